The van der Waals surface area contributed by atoms with Crippen LogP contribution < -0.4 is 9.75 Å². The maximum absolute atomic E-state index is 14.5. The maximum Gasteiger partial charge on any atom is 0.148 e. The molecule has 0 aliphatic carbocycles. The molecule has 3 nitrogen and oxygen atoms in total. The quantitative estimate of drug-likeness (QED) is 0.516. The second-order valence-electron chi connectivity index (χ2n) is 6.35. The molecule has 0 aromatic heterocycles. The van der Waals surface area contributed by atoms with E-state index in [9.17, 15) is 4.39 Å². The number of para-hydroxylation sites is 1. The minimum absolute atomic E-state index is 0.101. The molecule has 3 aromatic rings. The van der Waals surface area contributed by atoms with E-state index < -0.39 is 0 Å². The van der Waals surface area contributed by atoms with Gasteiger partial charge in [-0.2, -0.15) is 5.10 Å². The molecule has 136 valence electrons. The molecule has 1 aliphatic rings. The van der Waals surface area contributed by atoms with Crippen LogP contribution >= 0.6 is 15.9 Å². The van der Waals surface area contributed by atoms with E-state index in [1.54, 1.807) is 24.3 Å². The molecule has 3 aromatic carbocycles. The molecular formula is C22H18BrFN2O. The second kappa shape index (κ2) is 7.53. The molecule has 5 heteroatoms. The Balaban J connectivity index is 1.78. The Morgan fingerprint density at radius 3 is 2.56 bits per heavy atom. The van der Waals surface area contributed by atoms with E-state index in [0.29, 0.717) is 12.1 Å². The molecule has 0 unspecified atom stereocenters. The zero-order valence-electron chi connectivity index (χ0n) is 14.8. The van der Waals surface area contributed by atoms with Gasteiger partial charge >= 0.3 is 0 Å². The van der Waals surface area contributed by atoms with Crippen molar-refractivity contribution in [1.82, 2.24) is 0 Å². The topological polar surface area (TPSA) is 24.8 Å². The van der Waals surface area contributed by atoms with Crippen molar-refractivity contribution >= 4 is 27.3 Å². The number of nitrogens with zero attached hydrogens (tertiary/aromatic N) is 2. The van der Waals surface area contributed by atoms with Crippen LogP contribution in [0, 0.1) is 5.82 Å². The first-order valence-electron chi connectivity index (χ1n) is 8.67. The van der Waals surface area contributed by atoms with Gasteiger partial charge in [0.2, 0.25) is 0 Å². The van der Waals surface area contributed by atoms with Crippen LogP contribution in [0.25, 0.3) is 0 Å². The van der Waals surface area contributed by atoms with Gasteiger partial charge in [0.1, 0.15) is 11.6 Å². The third-order valence-corrected chi connectivity index (χ3v) is 5.19. The number of benzene rings is 3. The van der Waals surface area contributed by atoms with E-state index in [2.05, 4.69) is 15.9 Å². The number of anilines is 1. The van der Waals surface area contributed by atoms with Crippen molar-refractivity contribution in [3.8, 4) is 5.75 Å². The van der Waals surface area contributed by atoms with Crippen LogP contribution in [-0.2, 0) is 0 Å². The van der Waals surface area contributed by atoms with Crippen LogP contribution in [-0.4, -0.2) is 12.8 Å². The Kier molecular flexibility index (Phi) is 4.94. The lowest BCUT2D eigenvalue weighted by Gasteiger charge is -2.24. The molecule has 0 saturated heterocycles. The molecule has 4 rings (SSSR count). The first-order chi connectivity index (χ1) is 13.2. The second-order valence-corrected chi connectivity index (χ2v) is 7.26. The monoisotopic (exact) mass is 424 g/mol. The first kappa shape index (κ1) is 17.7. The van der Waals surface area contributed by atoms with Gasteiger partial charge < -0.3 is 4.74 Å². The molecule has 0 amide bonds. The van der Waals surface area contributed by atoms with Gasteiger partial charge in [-0.05, 0) is 47.5 Å². The standard InChI is InChI=1S/C22H18BrFN2O/c1-27-18-6-4-5-16(13-18)22-14-20(15-9-11-17(23)12-10-15)25-26(22)21-8-3-2-7-19(21)24/h2-13,22H,14H2,1H3/t22-/m0/s1. The maximum atomic E-state index is 14.5. The predicted octanol–water partition coefficient (Wildman–Crippen LogP) is 5.95. The molecule has 0 bridgehead atoms. The fourth-order valence-corrected chi connectivity index (χ4v) is 3.56. The van der Waals surface area contributed by atoms with E-state index in [1.807, 2.05) is 54.6 Å². The predicted molar refractivity (Wildman–Crippen MR) is 110 cm³/mol. The lowest BCUT2D eigenvalue weighted by Crippen LogP contribution is -2.19. The number of halogens is 2. The SMILES string of the molecule is COc1cccc([C@@H]2CC(c3ccc(Br)cc3)=NN2c2ccccc2F)c1. The Labute approximate surface area is 166 Å². The molecule has 0 radical (unpaired) electrons. The highest BCUT2D eigenvalue weighted by Crippen LogP contribution is 2.38. The van der Waals surface area contributed by atoms with Crippen LogP contribution in [0.15, 0.2) is 82.4 Å². The number of methoxy groups -OCH3 is 1. The summed E-state index contributed by atoms with van der Waals surface area (Å²) in [6.45, 7) is 0. The van der Waals surface area contributed by atoms with Crippen molar-refractivity contribution in [3.63, 3.8) is 0 Å². The van der Waals surface area contributed by atoms with Crippen molar-refractivity contribution in [1.29, 1.82) is 0 Å². The van der Waals surface area contributed by atoms with E-state index in [4.69, 9.17) is 9.84 Å². The highest BCUT2D eigenvalue weighted by atomic mass is 79.9. The van der Waals surface area contributed by atoms with Crippen LogP contribution in [0.4, 0.5) is 10.1 Å². The Hall–Kier alpha value is -2.66. The number of hydrogen-bond donors (Lipinski definition) is 0. The number of hydrogen-bond acceptors (Lipinski definition) is 3. The van der Waals surface area contributed by atoms with E-state index in [1.165, 1.54) is 6.07 Å². The minimum Gasteiger partial charge on any atom is -0.497 e. The average molecular weight is 425 g/mol. The average Bonchev–Trinajstić information content (AvgIpc) is 3.14. The molecule has 1 aliphatic heterocycles. The van der Waals surface area contributed by atoms with Crippen LogP contribution in [0.2, 0.25) is 0 Å². The van der Waals surface area contributed by atoms with Crippen LogP contribution in [0.5, 0.6) is 5.75 Å². The van der Waals surface area contributed by atoms with E-state index >= 15 is 0 Å². The van der Waals surface area contributed by atoms with Crippen molar-refractivity contribution < 1.29 is 9.13 Å². The van der Waals surface area contributed by atoms with Gasteiger partial charge in [-0.3, -0.25) is 5.01 Å². The van der Waals surface area contributed by atoms with Gasteiger partial charge in [-0.1, -0.05) is 52.3 Å². The molecular weight excluding hydrogens is 407 g/mol. The molecule has 0 fully saturated rings. The summed E-state index contributed by atoms with van der Waals surface area (Å²) in [4.78, 5) is 0. The lowest BCUT2D eigenvalue weighted by molar-refractivity contribution is 0.414. The van der Waals surface area contributed by atoms with Gasteiger partial charge in [-0.25, -0.2) is 4.39 Å². The highest BCUT2D eigenvalue weighted by Gasteiger charge is 2.31. The summed E-state index contributed by atoms with van der Waals surface area (Å²) in [5.41, 5.74) is 3.47. The van der Waals surface area contributed by atoms with Gasteiger partial charge in [0.05, 0.1) is 24.6 Å². The molecule has 1 heterocycles. The number of ether oxygens (including phenoxy) is 1. The van der Waals surface area contributed by atoms with E-state index in [-0.39, 0.29) is 11.9 Å². The Bertz CT molecular complexity index is 988. The molecule has 0 saturated carbocycles. The molecule has 27 heavy (non-hydrogen) atoms. The normalized spacial score (nSPS) is 16.3. The molecule has 0 spiro atoms. The zero-order valence-corrected chi connectivity index (χ0v) is 16.4. The molecule has 1 atom stereocenters. The van der Waals surface area contributed by atoms with Gasteiger partial charge in [-0.15, -0.1) is 0 Å². The van der Waals surface area contributed by atoms with Gasteiger partial charge in [0.15, 0.2) is 0 Å². The summed E-state index contributed by atoms with van der Waals surface area (Å²) >= 11 is 3.46. The van der Waals surface area contributed by atoms with Crippen molar-refractivity contribution in [2.75, 3.05) is 12.1 Å². The van der Waals surface area contributed by atoms with Crippen LogP contribution in [0.1, 0.15) is 23.6 Å². The Morgan fingerprint density at radius 1 is 1.04 bits per heavy atom. The number of rotatable bonds is 4. The van der Waals surface area contributed by atoms with Crippen molar-refractivity contribution in [2.24, 2.45) is 5.10 Å². The fourth-order valence-electron chi connectivity index (χ4n) is 3.30. The minimum atomic E-state index is -0.286. The third-order valence-electron chi connectivity index (χ3n) is 4.67. The first-order valence-corrected chi connectivity index (χ1v) is 9.46. The van der Waals surface area contributed by atoms with Crippen LogP contribution in [0.3, 0.4) is 0 Å². The summed E-state index contributed by atoms with van der Waals surface area (Å²) < 4.78 is 20.9. The van der Waals surface area contributed by atoms with Crippen molar-refractivity contribution in [2.45, 2.75) is 12.5 Å². The summed E-state index contributed by atoms with van der Waals surface area (Å²) in [6, 6.07) is 22.5. The summed E-state index contributed by atoms with van der Waals surface area (Å²) in [7, 11) is 1.64. The van der Waals surface area contributed by atoms with E-state index in [0.717, 1.165) is 27.1 Å². The lowest BCUT2D eigenvalue weighted by atomic mass is 9.98. The van der Waals surface area contributed by atoms with Crippen molar-refractivity contribution in [3.05, 3.63) is 94.2 Å². The summed E-state index contributed by atoms with van der Waals surface area (Å²) in [6.07, 6.45) is 0.684. The summed E-state index contributed by atoms with van der Waals surface area (Å²) in [5, 5.41) is 6.57. The smallest absolute Gasteiger partial charge is 0.148 e. The largest absolute Gasteiger partial charge is 0.497 e. The van der Waals surface area contributed by atoms with Gasteiger partial charge in [0, 0.05) is 10.9 Å². The zero-order chi connectivity index (χ0) is 18.8. The highest BCUT2D eigenvalue weighted by molar-refractivity contribution is 9.10. The Morgan fingerprint density at radius 2 is 1.81 bits per heavy atom. The molecule has 0 N–H and O–H groups in total. The third kappa shape index (κ3) is 3.60. The van der Waals surface area contributed by atoms with Gasteiger partial charge in [0.25, 0.3) is 0 Å². The fraction of sp³-hybridized carbons (Fsp3) is 0.136. The summed E-state index contributed by atoms with van der Waals surface area (Å²) in [5.74, 6) is 0.490. The number of hydrazone groups is 1.